The number of hydrogen-bond acceptors (Lipinski definition) is 4. The van der Waals surface area contributed by atoms with Gasteiger partial charge in [0.1, 0.15) is 0 Å². The fourth-order valence-corrected chi connectivity index (χ4v) is 1.64. The summed E-state index contributed by atoms with van der Waals surface area (Å²) in [6.45, 7) is 0.696. The van der Waals surface area contributed by atoms with Crippen molar-refractivity contribution < 1.29 is 4.42 Å². The maximum absolute atomic E-state index is 4.96. The van der Waals surface area contributed by atoms with Crippen molar-refractivity contribution in [2.45, 2.75) is 6.54 Å². The summed E-state index contributed by atoms with van der Waals surface area (Å²) in [4.78, 5) is 0. The monoisotopic (exact) mass is 301 g/mol. The molecule has 14 heavy (non-hydrogen) atoms. The minimum absolute atomic E-state index is 0.449. The molecule has 0 unspecified atom stereocenters. The van der Waals surface area contributed by atoms with Crippen molar-refractivity contribution in [3.8, 4) is 0 Å². The van der Waals surface area contributed by atoms with Crippen LogP contribution in [0.15, 0.2) is 35.1 Å². The lowest BCUT2D eigenvalue weighted by molar-refractivity contribution is 0.565. The number of benzene rings is 1. The van der Waals surface area contributed by atoms with Gasteiger partial charge in [0, 0.05) is 10.1 Å². The molecule has 0 fully saturated rings. The highest BCUT2D eigenvalue weighted by Gasteiger charge is 2.00. The van der Waals surface area contributed by atoms with Crippen molar-refractivity contribution in [2.75, 3.05) is 5.32 Å². The zero-order valence-electron chi connectivity index (χ0n) is 7.27. The summed E-state index contributed by atoms with van der Waals surface area (Å²) in [5.41, 5.74) is 1.21. The Hall–Kier alpha value is -1.11. The van der Waals surface area contributed by atoms with Gasteiger partial charge in [-0.05, 0) is 34.2 Å². The number of nitrogens with one attached hydrogen (secondary N) is 1. The van der Waals surface area contributed by atoms with Gasteiger partial charge in [-0.15, -0.1) is 5.10 Å². The van der Waals surface area contributed by atoms with E-state index in [9.17, 15) is 0 Å². The number of nitrogens with zero attached hydrogens (tertiary/aromatic N) is 2. The van der Waals surface area contributed by atoms with Crippen LogP contribution in [0.3, 0.4) is 0 Å². The van der Waals surface area contributed by atoms with Crippen LogP contribution in [0.1, 0.15) is 5.56 Å². The Kier molecular flexibility index (Phi) is 2.97. The van der Waals surface area contributed by atoms with Crippen LogP contribution >= 0.6 is 22.6 Å². The van der Waals surface area contributed by atoms with Crippen molar-refractivity contribution in [3.05, 3.63) is 39.8 Å². The van der Waals surface area contributed by atoms with E-state index in [-0.39, 0.29) is 0 Å². The summed E-state index contributed by atoms with van der Waals surface area (Å²) in [5, 5.41) is 10.3. The minimum atomic E-state index is 0.449. The lowest BCUT2D eigenvalue weighted by Gasteiger charge is -2.03. The van der Waals surface area contributed by atoms with Crippen LogP contribution in [0, 0.1) is 3.57 Å². The first-order valence-corrected chi connectivity index (χ1v) is 5.17. The van der Waals surface area contributed by atoms with E-state index in [1.807, 2.05) is 12.1 Å². The van der Waals surface area contributed by atoms with Gasteiger partial charge in [0.05, 0.1) is 0 Å². The average Bonchev–Trinajstić information content (AvgIpc) is 2.69. The van der Waals surface area contributed by atoms with Crippen molar-refractivity contribution in [2.24, 2.45) is 0 Å². The second-order valence-electron chi connectivity index (χ2n) is 2.69. The van der Waals surface area contributed by atoms with Crippen molar-refractivity contribution >= 4 is 28.6 Å². The molecule has 0 amide bonds. The number of hydrogen-bond donors (Lipinski definition) is 1. The predicted molar refractivity (Wildman–Crippen MR) is 60.8 cm³/mol. The van der Waals surface area contributed by atoms with Crippen molar-refractivity contribution in [3.63, 3.8) is 0 Å². The topological polar surface area (TPSA) is 51.0 Å². The molecule has 1 N–H and O–H groups in total. The molecule has 2 rings (SSSR count). The van der Waals surface area contributed by atoms with Gasteiger partial charge >= 0.3 is 6.01 Å². The SMILES string of the molecule is Ic1ccccc1CNc1nnco1. The van der Waals surface area contributed by atoms with Gasteiger partial charge in [-0.3, -0.25) is 0 Å². The Morgan fingerprint density at radius 1 is 1.36 bits per heavy atom. The van der Waals surface area contributed by atoms with Gasteiger partial charge < -0.3 is 9.73 Å². The molecule has 1 aromatic heterocycles. The molecule has 1 heterocycles. The minimum Gasteiger partial charge on any atom is -0.411 e. The molecule has 0 atom stereocenters. The van der Waals surface area contributed by atoms with Gasteiger partial charge in [0.2, 0.25) is 6.39 Å². The molecule has 0 aliphatic heterocycles. The normalized spacial score (nSPS) is 10.1. The van der Waals surface area contributed by atoms with Crippen LogP contribution in [0.4, 0.5) is 6.01 Å². The van der Waals surface area contributed by atoms with E-state index < -0.39 is 0 Å². The van der Waals surface area contributed by atoms with E-state index in [0.29, 0.717) is 12.6 Å². The summed E-state index contributed by atoms with van der Waals surface area (Å²) >= 11 is 2.29. The maximum Gasteiger partial charge on any atom is 0.315 e. The van der Waals surface area contributed by atoms with Gasteiger partial charge in [-0.1, -0.05) is 23.3 Å². The van der Waals surface area contributed by atoms with E-state index in [0.717, 1.165) is 0 Å². The predicted octanol–water partition coefficient (Wildman–Crippen LogP) is 2.29. The molecule has 0 radical (unpaired) electrons. The number of halogens is 1. The molecule has 2 aromatic rings. The molecule has 72 valence electrons. The first kappa shape index (κ1) is 9.45. The lowest BCUT2D eigenvalue weighted by Crippen LogP contribution is -2.01. The molecule has 1 aromatic carbocycles. The third-order valence-electron chi connectivity index (χ3n) is 1.75. The molecule has 4 nitrogen and oxygen atoms in total. The summed E-state index contributed by atoms with van der Waals surface area (Å²) in [7, 11) is 0. The quantitative estimate of drug-likeness (QED) is 0.884. The lowest BCUT2D eigenvalue weighted by atomic mass is 10.2. The molecule has 0 aliphatic carbocycles. The Morgan fingerprint density at radius 3 is 2.93 bits per heavy atom. The van der Waals surface area contributed by atoms with E-state index in [1.54, 1.807) is 0 Å². The fraction of sp³-hybridized carbons (Fsp3) is 0.111. The van der Waals surface area contributed by atoms with E-state index >= 15 is 0 Å². The maximum atomic E-state index is 4.96. The van der Waals surface area contributed by atoms with Gasteiger partial charge in [0.15, 0.2) is 0 Å². The second kappa shape index (κ2) is 4.41. The number of aromatic nitrogens is 2. The standard InChI is InChI=1S/C9H8IN3O/c10-8-4-2-1-3-7(8)5-11-9-13-12-6-14-9/h1-4,6H,5H2,(H,11,13). The Labute approximate surface area is 94.9 Å². The third kappa shape index (κ3) is 2.22. The van der Waals surface area contributed by atoms with E-state index in [1.165, 1.54) is 15.5 Å². The van der Waals surface area contributed by atoms with Crippen LogP contribution in [0.25, 0.3) is 0 Å². The highest BCUT2D eigenvalue weighted by Crippen LogP contribution is 2.12. The molecule has 0 aliphatic rings. The Balaban J connectivity index is 2.02. The number of anilines is 1. The van der Waals surface area contributed by atoms with Gasteiger partial charge in [0.25, 0.3) is 0 Å². The molecule has 0 bridgehead atoms. The van der Waals surface area contributed by atoms with Crippen LogP contribution < -0.4 is 5.32 Å². The third-order valence-corrected chi connectivity index (χ3v) is 2.80. The smallest absolute Gasteiger partial charge is 0.315 e. The largest absolute Gasteiger partial charge is 0.411 e. The summed E-state index contributed by atoms with van der Waals surface area (Å²) in [6, 6.07) is 8.59. The molecule has 0 saturated carbocycles. The first-order valence-electron chi connectivity index (χ1n) is 4.10. The fourth-order valence-electron chi connectivity index (χ4n) is 1.06. The van der Waals surface area contributed by atoms with E-state index in [4.69, 9.17) is 4.42 Å². The molecular weight excluding hydrogens is 293 g/mol. The summed E-state index contributed by atoms with van der Waals surface area (Å²) in [6.07, 6.45) is 1.30. The Bertz CT molecular complexity index is 402. The molecule has 5 heteroatoms. The van der Waals surface area contributed by atoms with Crippen LogP contribution in [-0.4, -0.2) is 10.2 Å². The zero-order valence-corrected chi connectivity index (χ0v) is 9.43. The van der Waals surface area contributed by atoms with Crippen LogP contribution in [0.2, 0.25) is 0 Å². The summed E-state index contributed by atoms with van der Waals surface area (Å²) in [5.74, 6) is 0. The number of rotatable bonds is 3. The van der Waals surface area contributed by atoms with Crippen LogP contribution in [-0.2, 0) is 6.54 Å². The first-order chi connectivity index (χ1) is 6.86. The summed E-state index contributed by atoms with van der Waals surface area (Å²) < 4.78 is 6.18. The zero-order chi connectivity index (χ0) is 9.80. The Morgan fingerprint density at radius 2 is 2.21 bits per heavy atom. The van der Waals surface area contributed by atoms with Gasteiger partial charge in [-0.25, -0.2) is 0 Å². The highest BCUT2D eigenvalue weighted by molar-refractivity contribution is 14.1. The average molecular weight is 301 g/mol. The highest BCUT2D eigenvalue weighted by atomic mass is 127. The molecule has 0 saturated heterocycles. The van der Waals surface area contributed by atoms with Crippen molar-refractivity contribution in [1.29, 1.82) is 0 Å². The van der Waals surface area contributed by atoms with Crippen LogP contribution in [0.5, 0.6) is 0 Å². The van der Waals surface area contributed by atoms with E-state index in [2.05, 4.69) is 50.2 Å². The second-order valence-corrected chi connectivity index (χ2v) is 3.85. The van der Waals surface area contributed by atoms with Gasteiger partial charge in [-0.2, -0.15) is 0 Å². The van der Waals surface area contributed by atoms with Crippen molar-refractivity contribution in [1.82, 2.24) is 10.2 Å². The molecule has 0 spiro atoms. The molecular formula is C9H8IN3O.